The highest BCUT2D eigenvalue weighted by molar-refractivity contribution is 7.25. The zero-order valence-electron chi connectivity index (χ0n) is 70.2. The molecule has 132 heavy (non-hydrogen) atoms. The van der Waals surface area contributed by atoms with Gasteiger partial charge in [-0.3, -0.25) is 0 Å². The fourth-order valence-electron chi connectivity index (χ4n) is 19.1. The second kappa shape index (κ2) is 31.1. The van der Waals surface area contributed by atoms with Crippen molar-refractivity contribution in [3.63, 3.8) is 0 Å². The van der Waals surface area contributed by atoms with Crippen molar-refractivity contribution in [1.82, 2.24) is 43.6 Å². The van der Waals surface area contributed by atoms with E-state index in [1.807, 2.05) is 175 Å². The molecule has 27 aromatic rings. The molecular formula is C117H66N12O2S. The summed E-state index contributed by atoms with van der Waals surface area (Å²) in [6, 6.07) is 137. The lowest BCUT2D eigenvalue weighted by atomic mass is 10.0. The monoisotopic (exact) mass is 1700 g/mol. The molecule has 0 unspecified atom stereocenters. The third-order valence-electron chi connectivity index (χ3n) is 25.2. The second-order valence-electron chi connectivity index (χ2n) is 32.8. The van der Waals surface area contributed by atoms with Crippen LogP contribution >= 0.6 is 11.3 Å². The number of nitrogens with zero attached hydrogens (tertiary/aromatic N) is 12. The molecule has 0 aliphatic carbocycles. The van der Waals surface area contributed by atoms with Gasteiger partial charge < -0.3 is 22.5 Å². The van der Waals surface area contributed by atoms with E-state index in [2.05, 4.69) is 265 Å². The number of benzene rings is 18. The molecule has 9 aromatic heterocycles. The van der Waals surface area contributed by atoms with Crippen LogP contribution in [0.4, 0.5) is 17.1 Å². The molecular weight excluding hydrogens is 1640 g/mol. The Kier molecular flexibility index (Phi) is 17.9. The second-order valence-corrected chi connectivity index (χ2v) is 33.9. The minimum absolute atomic E-state index is 0.583. The van der Waals surface area contributed by atoms with Crippen molar-refractivity contribution in [3.8, 4) is 85.0 Å². The van der Waals surface area contributed by atoms with Crippen LogP contribution in [0.5, 0.6) is 0 Å². The molecule has 14 nitrogen and oxygen atoms in total. The first kappa shape index (κ1) is 76.1. The summed E-state index contributed by atoms with van der Waals surface area (Å²) in [7, 11) is 0. The standard InChI is InChI=1S/2C39H22N4O.C39H22N4S/c1-40-26-12-8-10-24(20-26)38-30-16-2-5-17-33(30)41-39(42-38)25-11-9-13-27(21-25)43-34-18-6-3-14-28(34)31-23-37-32(22-35(31)43)29-15-4-7-19-36(29)44-37;1-40-26-10-8-9-25(21-26)38-30-13-2-5-14-33(30)41-39(42-38)24-17-19-27(20-18-24)43-34-15-6-3-11-28(34)31-23-37-32(22-35(31)43)29-12-4-7-16-36(29)44-37;1-40-26-19-17-24(18-20-26)38-30-13-2-5-14-33(30)41-39(42-38)25-9-8-10-27(21-25)43-34-15-6-3-11-28(34)31-23-37-32(22-35(31)43)29-12-4-7-16-36(29)44-37/h3*2-23H. The Labute approximate surface area is 757 Å². The van der Waals surface area contributed by atoms with E-state index >= 15 is 0 Å². The van der Waals surface area contributed by atoms with Crippen molar-refractivity contribution in [2.45, 2.75) is 0 Å². The highest BCUT2D eigenvalue weighted by Crippen LogP contribution is 2.46. The van der Waals surface area contributed by atoms with Gasteiger partial charge in [-0.15, -0.1) is 11.3 Å². The number of hydrogen-bond acceptors (Lipinski definition) is 9. The van der Waals surface area contributed by atoms with Gasteiger partial charge in [-0.25, -0.2) is 44.4 Å². The largest absolute Gasteiger partial charge is 0.456 e. The highest BCUT2D eigenvalue weighted by atomic mass is 32.1. The number of hydrogen-bond donors (Lipinski definition) is 0. The number of para-hydroxylation sites is 8. The molecule has 15 heteroatoms. The van der Waals surface area contributed by atoms with Crippen LogP contribution in [-0.2, 0) is 0 Å². The maximum Gasteiger partial charge on any atom is 0.187 e. The van der Waals surface area contributed by atoms with Crippen LogP contribution in [0.25, 0.3) is 262 Å². The fourth-order valence-corrected chi connectivity index (χ4v) is 20.3. The fraction of sp³-hybridized carbons (Fsp3) is 0. The number of rotatable bonds is 9. The van der Waals surface area contributed by atoms with E-state index in [1.165, 1.54) is 52.8 Å². The quantitative estimate of drug-likeness (QED) is 0.131. The zero-order valence-corrected chi connectivity index (χ0v) is 71.0. The van der Waals surface area contributed by atoms with E-state index in [9.17, 15) is 0 Å². The third-order valence-corrected chi connectivity index (χ3v) is 26.3. The summed E-state index contributed by atoms with van der Waals surface area (Å²) in [6.07, 6.45) is 0. The normalized spacial score (nSPS) is 11.6. The summed E-state index contributed by atoms with van der Waals surface area (Å²) in [5, 5.41) is 17.0. The molecule has 612 valence electrons. The van der Waals surface area contributed by atoms with E-state index < -0.39 is 0 Å². The Morgan fingerprint density at radius 1 is 0.205 bits per heavy atom. The van der Waals surface area contributed by atoms with Crippen LogP contribution in [0.2, 0.25) is 0 Å². The van der Waals surface area contributed by atoms with Crippen LogP contribution < -0.4 is 0 Å². The van der Waals surface area contributed by atoms with Crippen LogP contribution in [0.15, 0.2) is 409 Å². The van der Waals surface area contributed by atoms with Crippen LogP contribution in [-0.4, -0.2) is 43.6 Å². The summed E-state index contributed by atoms with van der Waals surface area (Å²) >= 11 is 1.85. The molecule has 0 bridgehead atoms. The lowest BCUT2D eigenvalue weighted by molar-refractivity contribution is 0.669. The van der Waals surface area contributed by atoms with Gasteiger partial charge in [0.15, 0.2) is 34.5 Å². The Balaban J connectivity index is 0.000000106. The molecule has 27 rings (SSSR count). The molecule has 0 amide bonds. The highest BCUT2D eigenvalue weighted by Gasteiger charge is 2.24. The van der Waals surface area contributed by atoms with E-state index in [4.69, 9.17) is 58.5 Å². The molecule has 0 aliphatic heterocycles. The van der Waals surface area contributed by atoms with Gasteiger partial charge in [0.25, 0.3) is 0 Å². The molecule has 18 aromatic carbocycles. The smallest absolute Gasteiger partial charge is 0.187 e. The van der Waals surface area contributed by atoms with Gasteiger partial charge in [-0.2, -0.15) is 0 Å². The molecule has 0 radical (unpaired) electrons. The Hall–Kier alpha value is -18.3. The summed E-state index contributed by atoms with van der Waals surface area (Å²) in [5.41, 5.74) is 25.9. The SMILES string of the molecule is [C-]#[N+]c1ccc(-c2nc(-c3cccc(-n4c5ccccc5c5cc6sc7ccccc7c6cc54)c3)nc3ccccc23)cc1.[C-]#[N+]c1cccc(-c2nc(-c3ccc(-n4c5ccccc5c5cc6oc7ccccc7c6cc54)cc3)nc3ccccc23)c1.[C-]#[N+]c1cccc(-c2nc(-c3cccc(-n4c5ccccc5c5cc6oc7ccccc7c6cc54)c3)nc3ccccc23)c1. The molecule has 0 spiro atoms. The van der Waals surface area contributed by atoms with E-state index in [-0.39, 0.29) is 0 Å². The van der Waals surface area contributed by atoms with E-state index in [0.29, 0.717) is 34.5 Å². The first-order valence-electron chi connectivity index (χ1n) is 43.4. The lowest BCUT2D eigenvalue weighted by Crippen LogP contribution is -1.97. The minimum Gasteiger partial charge on any atom is -0.456 e. The van der Waals surface area contributed by atoms with Crippen molar-refractivity contribution < 1.29 is 8.83 Å². The summed E-state index contributed by atoms with van der Waals surface area (Å²) in [4.78, 5) is 41.0. The number of furan rings is 2. The van der Waals surface area contributed by atoms with Gasteiger partial charge in [-0.1, -0.05) is 249 Å². The maximum atomic E-state index is 7.51. The summed E-state index contributed by atoms with van der Waals surface area (Å²) in [5.74, 6) is 1.95. The molecule has 0 atom stereocenters. The van der Waals surface area contributed by atoms with Gasteiger partial charge in [0, 0.05) is 124 Å². The van der Waals surface area contributed by atoms with Gasteiger partial charge in [0.2, 0.25) is 0 Å². The lowest BCUT2D eigenvalue weighted by Gasteiger charge is -2.12. The van der Waals surface area contributed by atoms with Crippen LogP contribution in [0.1, 0.15) is 0 Å². The molecule has 0 fully saturated rings. The Morgan fingerprint density at radius 3 is 1.04 bits per heavy atom. The molecule has 0 saturated heterocycles. The predicted molar refractivity (Wildman–Crippen MR) is 540 cm³/mol. The van der Waals surface area contributed by atoms with Gasteiger partial charge in [0.05, 0.1) is 86.4 Å². The van der Waals surface area contributed by atoms with Crippen molar-refractivity contribution in [1.29, 1.82) is 0 Å². The number of fused-ring (bicyclic) bond motifs is 21. The molecule has 9 heterocycles. The van der Waals surface area contributed by atoms with Gasteiger partial charge >= 0.3 is 0 Å². The predicted octanol–water partition coefficient (Wildman–Crippen LogP) is 32.0. The van der Waals surface area contributed by atoms with E-state index in [0.717, 1.165) is 177 Å². The summed E-state index contributed by atoms with van der Waals surface area (Å²) < 4.78 is 22.1. The van der Waals surface area contributed by atoms with Crippen molar-refractivity contribution >= 4 is 191 Å². The molecule has 0 saturated carbocycles. The third kappa shape index (κ3) is 12.8. The first-order valence-corrected chi connectivity index (χ1v) is 44.2. The summed E-state index contributed by atoms with van der Waals surface area (Å²) in [6.45, 7) is 22.3. The van der Waals surface area contributed by atoms with Crippen LogP contribution in [0.3, 0.4) is 0 Å². The van der Waals surface area contributed by atoms with Crippen molar-refractivity contribution in [3.05, 3.63) is 435 Å². The average molecular weight is 1700 g/mol. The number of thiophene rings is 1. The van der Waals surface area contributed by atoms with E-state index in [1.54, 1.807) is 0 Å². The van der Waals surface area contributed by atoms with Gasteiger partial charge in [-0.05, 0) is 168 Å². The topological polar surface area (TPSA) is 131 Å². The molecule has 0 N–H and O–H groups in total. The average Bonchev–Trinajstić information content (AvgIpc) is 1.57. The Morgan fingerprint density at radius 2 is 0.568 bits per heavy atom. The number of aromatic nitrogens is 9. The van der Waals surface area contributed by atoms with Gasteiger partial charge in [0.1, 0.15) is 22.3 Å². The van der Waals surface area contributed by atoms with Crippen molar-refractivity contribution in [2.75, 3.05) is 0 Å². The zero-order chi connectivity index (χ0) is 87.6. The van der Waals surface area contributed by atoms with Crippen LogP contribution in [0, 0.1) is 19.7 Å². The Bertz CT molecular complexity index is 9630. The first-order chi connectivity index (χ1) is 65.2. The minimum atomic E-state index is 0.583. The van der Waals surface area contributed by atoms with Crippen molar-refractivity contribution in [2.24, 2.45) is 0 Å². The molecule has 0 aliphatic rings. The maximum absolute atomic E-state index is 7.51.